The highest BCUT2D eigenvalue weighted by atomic mass is 15.2. The Hall–Kier alpha value is -1.83. The Morgan fingerprint density at radius 2 is 2.27 bits per heavy atom. The molecule has 0 aromatic carbocycles. The van der Waals surface area contributed by atoms with E-state index in [1.807, 2.05) is 6.19 Å². The lowest BCUT2D eigenvalue weighted by Crippen LogP contribution is -2.13. The quantitative estimate of drug-likeness (QED) is 0.595. The van der Waals surface area contributed by atoms with E-state index in [2.05, 4.69) is 29.1 Å². The molecule has 1 N–H and O–H groups in total. The van der Waals surface area contributed by atoms with Crippen LogP contribution >= 0.6 is 0 Å². The van der Waals surface area contributed by atoms with Gasteiger partial charge in [0.05, 0.1) is 0 Å². The second kappa shape index (κ2) is 5.15. The first-order chi connectivity index (χ1) is 7.13. The van der Waals surface area contributed by atoms with Crippen LogP contribution in [0.3, 0.4) is 0 Å². The largest absolute Gasteiger partial charge is 0.370 e. The maximum absolute atomic E-state index is 8.69. The number of hydrogen-bond acceptors (Lipinski definition) is 5. The lowest BCUT2D eigenvalue weighted by Gasteiger charge is -2.11. The summed E-state index contributed by atoms with van der Waals surface area (Å²) in [6, 6.07) is 1.76. The van der Waals surface area contributed by atoms with E-state index in [0.29, 0.717) is 11.7 Å². The van der Waals surface area contributed by atoms with Crippen molar-refractivity contribution in [3.8, 4) is 6.19 Å². The Balaban J connectivity index is 2.71. The zero-order chi connectivity index (χ0) is 11.3. The molecule has 0 aliphatic rings. The van der Waals surface area contributed by atoms with E-state index in [1.54, 1.807) is 13.1 Å². The number of anilines is 2. The van der Waals surface area contributed by atoms with E-state index in [9.17, 15) is 0 Å². The highest BCUT2D eigenvalue weighted by Gasteiger charge is 2.03. The predicted molar refractivity (Wildman–Crippen MR) is 59.4 cm³/mol. The van der Waals surface area contributed by atoms with Crippen LogP contribution in [-0.2, 0) is 0 Å². The molecule has 1 heterocycles. The minimum atomic E-state index is 0.553. The summed E-state index contributed by atoms with van der Waals surface area (Å²) in [5.41, 5.74) is 0. The lowest BCUT2D eigenvalue weighted by molar-refractivity contribution is 0.687. The van der Waals surface area contributed by atoms with Gasteiger partial charge in [0.1, 0.15) is 18.0 Å². The third-order valence-electron chi connectivity index (χ3n) is 1.84. The molecule has 0 spiro atoms. The Kier molecular flexibility index (Phi) is 3.86. The summed E-state index contributed by atoms with van der Waals surface area (Å²) in [6.45, 7) is 5.10. The van der Waals surface area contributed by atoms with Crippen LogP contribution in [-0.4, -0.2) is 23.6 Å². The van der Waals surface area contributed by atoms with Crippen molar-refractivity contribution < 1.29 is 0 Å². The van der Waals surface area contributed by atoms with Crippen molar-refractivity contribution in [1.82, 2.24) is 9.97 Å². The SMILES string of the molecule is CC(C)CNc1cc(N(C)C#N)ncn1. The highest BCUT2D eigenvalue weighted by molar-refractivity contribution is 5.50. The normalized spacial score (nSPS) is 9.80. The van der Waals surface area contributed by atoms with Gasteiger partial charge in [-0.1, -0.05) is 13.8 Å². The van der Waals surface area contributed by atoms with Gasteiger partial charge in [-0.2, -0.15) is 5.26 Å². The van der Waals surface area contributed by atoms with Crippen molar-refractivity contribution in [2.45, 2.75) is 13.8 Å². The van der Waals surface area contributed by atoms with Gasteiger partial charge < -0.3 is 5.32 Å². The smallest absolute Gasteiger partial charge is 0.185 e. The van der Waals surface area contributed by atoms with Gasteiger partial charge >= 0.3 is 0 Å². The van der Waals surface area contributed by atoms with Crippen LogP contribution in [0.4, 0.5) is 11.6 Å². The van der Waals surface area contributed by atoms with E-state index in [1.165, 1.54) is 11.2 Å². The molecule has 0 radical (unpaired) electrons. The van der Waals surface area contributed by atoms with Crippen molar-refractivity contribution in [3.63, 3.8) is 0 Å². The summed E-state index contributed by atoms with van der Waals surface area (Å²) in [7, 11) is 1.66. The molecule has 1 aromatic rings. The van der Waals surface area contributed by atoms with Crippen LogP contribution in [0.15, 0.2) is 12.4 Å². The molecule has 0 saturated heterocycles. The minimum Gasteiger partial charge on any atom is -0.370 e. The molecule has 0 aliphatic heterocycles. The van der Waals surface area contributed by atoms with Gasteiger partial charge in [0, 0.05) is 19.7 Å². The summed E-state index contributed by atoms with van der Waals surface area (Å²) in [4.78, 5) is 9.45. The van der Waals surface area contributed by atoms with E-state index in [4.69, 9.17) is 5.26 Å². The fraction of sp³-hybridized carbons (Fsp3) is 0.500. The predicted octanol–water partition coefficient (Wildman–Crippen LogP) is 1.46. The van der Waals surface area contributed by atoms with E-state index in [-0.39, 0.29) is 0 Å². The van der Waals surface area contributed by atoms with Crippen LogP contribution in [0.25, 0.3) is 0 Å². The third kappa shape index (κ3) is 3.43. The van der Waals surface area contributed by atoms with Gasteiger partial charge in [-0.15, -0.1) is 0 Å². The molecule has 0 aliphatic carbocycles. The number of nitrogens with one attached hydrogen (secondary N) is 1. The average Bonchev–Trinajstić information content (AvgIpc) is 2.25. The van der Waals surface area contributed by atoms with Gasteiger partial charge in [-0.05, 0) is 5.92 Å². The van der Waals surface area contributed by atoms with Gasteiger partial charge in [-0.3, -0.25) is 4.90 Å². The molecule has 0 fully saturated rings. The van der Waals surface area contributed by atoms with Crippen LogP contribution in [0.2, 0.25) is 0 Å². The molecule has 5 heteroatoms. The average molecular weight is 205 g/mol. The highest BCUT2D eigenvalue weighted by Crippen LogP contribution is 2.11. The molecule has 80 valence electrons. The fourth-order valence-electron chi connectivity index (χ4n) is 0.987. The molecule has 0 amide bonds. The number of nitriles is 1. The summed E-state index contributed by atoms with van der Waals surface area (Å²) < 4.78 is 0. The van der Waals surface area contributed by atoms with Crippen LogP contribution in [0.5, 0.6) is 0 Å². The number of rotatable bonds is 4. The molecule has 0 atom stereocenters. The summed E-state index contributed by atoms with van der Waals surface area (Å²) in [5, 5.41) is 11.9. The van der Waals surface area contributed by atoms with E-state index < -0.39 is 0 Å². The first kappa shape index (κ1) is 11.2. The van der Waals surface area contributed by atoms with Crippen LogP contribution in [0.1, 0.15) is 13.8 Å². The molecule has 15 heavy (non-hydrogen) atoms. The fourth-order valence-corrected chi connectivity index (χ4v) is 0.987. The Morgan fingerprint density at radius 1 is 1.53 bits per heavy atom. The summed E-state index contributed by atoms with van der Waals surface area (Å²) in [6.07, 6.45) is 3.44. The Labute approximate surface area is 89.8 Å². The number of nitrogens with zero attached hydrogens (tertiary/aromatic N) is 4. The summed E-state index contributed by atoms with van der Waals surface area (Å²) in [5.74, 6) is 1.90. The Morgan fingerprint density at radius 3 is 2.87 bits per heavy atom. The monoisotopic (exact) mass is 205 g/mol. The van der Waals surface area contributed by atoms with Gasteiger partial charge in [0.15, 0.2) is 6.19 Å². The van der Waals surface area contributed by atoms with Gasteiger partial charge in [-0.25, -0.2) is 9.97 Å². The topological polar surface area (TPSA) is 64.8 Å². The van der Waals surface area contributed by atoms with Crippen molar-refractivity contribution in [2.24, 2.45) is 5.92 Å². The first-order valence-electron chi connectivity index (χ1n) is 4.83. The first-order valence-corrected chi connectivity index (χ1v) is 4.83. The van der Waals surface area contributed by atoms with E-state index in [0.717, 1.165) is 12.4 Å². The zero-order valence-electron chi connectivity index (χ0n) is 9.23. The van der Waals surface area contributed by atoms with Gasteiger partial charge in [0.25, 0.3) is 0 Å². The van der Waals surface area contributed by atoms with Crippen LogP contribution < -0.4 is 10.2 Å². The van der Waals surface area contributed by atoms with Crippen molar-refractivity contribution in [2.75, 3.05) is 23.8 Å². The number of hydrogen-bond donors (Lipinski definition) is 1. The maximum Gasteiger partial charge on any atom is 0.185 e. The standard InChI is InChI=1S/C10H15N5/c1-8(2)5-12-9-4-10(14-7-13-9)15(3)6-11/h4,7-8H,5H2,1-3H3,(H,12,13,14). The van der Waals surface area contributed by atoms with Crippen molar-refractivity contribution in [3.05, 3.63) is 12.4 Å². The second-order valence-electron chi connectivity index (χ2n) is 3.70. The van der Waals surface area contributed by atoms with Crippen molar-refractivity contribution in [1.29, 1.82) is 5.26 Å². The summed E-state index contributed by atoms with van der Waals surface area (Å²) >= 11 is 0. The third-order valence-corrected chi connectivity index (χ3v) is 1.84. The van der Waals surface area contributed by atoms with Crippen LogP contribution in [0, 0.1) is 17.4 Å². The van der Waals surface area contributed by atoms with E-state index >= 15 is 0 Å². The molecular weight excluding hydrogens is 190 g/mol. The van der Waals surface area contributed by atoms with Crippen molar-refractivity contribution >= 4 is 11.6 Å². The molecule has 1 aromatic heterocycles. The second-order valence-corrected chi connectivity index (χ2v) is 3.70. The number of aromatic nitrogens is 2. The maximum atomic E-state index is 8.69. The molecule has 0 unspecified atom stereocenters. The van der Waals surface area contributed by atoms with Gasteiger partial charge in [0.2, 0.25) is 0 Å². The molecule has 1 rings (SSSR count). The molecular formula is C10H15N5. The molecule has 0 saturated carbocycles. The lowest BCUT2D eigenvalue weighted by atomic mass is 10.2. The minimum absolute atomic E-state index is 0.553. The Bertz CT molecular complexity index is 355. The molecule has 5 nitrogen and oxygen atoms in total. The molecule has 0 bridgehead atoms. The zero-order valence-corrected chi connectivity index (χ0v) is 9.23.